The smallest absolute Gasteiger partial charge is 0.264 e. The van der Waals surface area contributed by atoms with E-state index in [0.29, 0.717) is 18.7 Å². The third kappa shape index (κ3) is 8.61. The zero-order valence-electron chi connectivity index (χ0n) is 23.3. The molecule has 0 saturated heterocycles. The van der Waals surface area contributed by atoms with E-state index in [-0.39, 0.29) is 33.1 Å². The zero-order valence-corrected chi connectivity index (χ0v) is 25.7. The van der Waals surface area contributed by atoms with Gasteiger partial charge in [-0.05, 0) is 60.9 Å². The molecule has 0 aromatic heterocycles. The molecule has 3 rings (SSSR count). The first-order valence-electron chi connectivity index (χ1n) is 13.3. The fraction of sp³-hybridized carbons (Fsp3) is 0.333. The molecule has 0 unspecified atom stereocenters. The van der Waals surface area contributed by atoms with E-state index < -0.39 is 28.5 Å². The minimum atomic E-state index is -4.22. The number of anilines is 1. The molecule has 0 spiro atoms. The Hall–Kier alpha value is -3.27. The minimum absolute atomic E-state index is 0.00467. The average Bonchev–Trinajstić information content (AvgIpc) is 2.96. The highest BCUT2D eigenvalue weighted by atomic mass is 35.5. The highest BCUT2D eigenvalue weighted by molar-refractivity contribution is 7.92. The lowest BCUT2D eigenvalue weighted by atomic mass is 10.1. The average molecular weight is 621 g/mol. The Morgan fingerprint density at radius 1 is 0.951 bits per heavy atom. The Morgan fingerprint density at radius 2 is 1.59 bits per heavy atom. The van der Waals surface area contributed by atoms with Crippen LogP contribution < -0.4 is 14.4 Å². The molecule has 2 amide bonds. The molecule has 1 atom stereocenters. The van der Waals surface area contributed by atoms with Crippen molar-refractivity contribution < 1.29 is 22.7 Å². The summed E-state index contributed by atoms with van der Waals surface area (Å²) in [5.41, 5.74) is 0.881. The summed E-state index contributed by atoms with van der Waals surface area (Å²) in [6.07, 6.45) is 2.03. The van der Waals surface area contributed by atoms with Crippen LogP contribution in [0.2, 0.25) is 10.0 Å². The summed E-state index contributed by atoms with van der Waals surface area (Å²) in [6.45, 7) is 3.81. The van der Waals surface area contributed by atoms with Gasteiger partial charge < -0.3 is 15.0 Å². The van der Waals surface area contributed by atoms with Gasteiger partial charge in [0.05, 0.1) is 17.7 Å². The lowest BCUT2D eigenvalue weighted by Gasteiger charge is -2.33. The molecule has 0 aliphatic heterocycles. The SMILES string of the molecule is CCCCNC(=O)[C@H](CC)N(Cc1ccc(OC)cc1)C(=O)CN(c1cc(Cl)cc(Cl)c1)S(=O)(=O)c1ccccc1. The number of ether oxygens (including phenoxy) is 1. The molecule has 0 fully saturated rings. The van der Waals surface area contributed by atoms with Crippen LogP contribution >= 0.6 is 23.2 Å². The van der Waals surface area contributed by atoms with Crippen molar-refractivity contribution in [2.45, 2.75) is 50.6 Å². The monoisotopic (exact) mass is 619 g/mol. The minimum Gasteiger partial charge on any atom is -0.497 e. The molecule has 0 aliphatic carbocycles. The van der Waals surface area contributed by atoms with Gasteiger partial charge in [-0.15, -0.1) is 0 Å². The van der Waals surface area contributed by atoms with Crippen molar-refractivity contribution in [3.63, 3.8) is 0 Å². The van der Waals surface area contributed by atoms with Gasteiger partial charge in [0.2, 0.25) is 11.8 Å². The van der Waals surface area contributed by atoms with Crippen molar-refractivity contribution in [3.05, 3.63) is 88.4 Å². The van der Waals surface area contributed by atoms with Crippen LogP contribution in [0.15, 0.2) is 77.7 Å². The fourth-order valence-corrected chi connectivity index (χ4v) is 6.22. The second-order valence-electron chi connectivity index (χ2n) is 9.39. The molecule has 3 aromatic carbocycles. The van der Waals surface area contributed by atoms with Crippen molar-refractivity contribution in [1.82, 2.24) is 10.2 Å². The number of carbonyl (C=O) groups is 2. The van der Waals surface area contributed by atoms with Crippen molar-refractivity contribution >= 4 is 50.7 Å². The van der Waals surface area contributed by atoms with Gasteiger partial charge in [0.15, 0.2) is 0 Å². The van der Waals surface area contributed by atoms with E-state index in [1.54, 1.807) is 49.6 Å². The molecule has 0 bridgehead atoms. The van der Waals surface area contributed by atoms with E-state index in [1.807, 2.05) is 13.8 Å². The summed E-state index contributed by atoms with van der Waals surface area (Å²) in [4.78, 5) is 28.8. The van der Waals surface area contributed by atoms with Crippen LogP contribution in [0.25, 0.3) is 0 Å². The number of methoxy groups -OCH3 is 1. The molecule has 0 aliphatic rings. The number of rotatable bonds is 14. The maximum atomic E-state index is 14.1. The van der Waals surface area contributed by atoms with Crippen LogP contribution in [0.5, 0.6) is 5.75 Å². The molecule has 1 N–H and O–H groups in total. The van der Waals surface area contributed by atoms with Crippen LogP contribution in [0.4, 0.5) is 5.69 Å². The van der Waals surface area contributed by atoms with Crippen molar-refractivity contribution in [2.75, 3.05) is 24.5 Å². The molecule has 41 heavy (non-hydrogen) atoms. The van der Waals surface area contributed by atoms with Crippen molar-refractivity contribution in [3.8, 4) is 5.75 Å². The third-order valence-corrected chi connectivity index (χ3v) is 8.70. The summed E-state index contributed by atoms with van der Waals surface area (Å²) >= 11 is 12.5. The molecule has 220 valence electrons. The second-order valence-corrected chi connectivity index (χ2v) is 12.1. The fourth-order valence-electron chi connectivity index (χ4n) is 4.29. The van der Waals surface area contributed by atoms with Gasteiger partial charge in [0.25, 0.3) is 10.0 Å². The van der Waals surface area contributed by atoms with E-state index >= 15 is 0 Å². The summed E-state index contributed by atoms with van der Waals surface area (Å²) in [5.74, 6) is -0.214. The number of nitrogens with zero attached hydrogens (tertiary/aromatic N) is 2. The molecule has 3 aromatic rings. The molecule has 0 radical (unpaired) electrons. The van der Waals surface area contributed by atoms with Crippen molar-refractivity contribution in [2.24, 2.45) is 0 Å². The van der Waals surface area contributed by atoms with E-state index in [0.717, 1.165) is 22.7 Å². The number of halogens is 2. The topological polar surface area (TPSA) is 96.0 Å². The quantitative estimate of drug-likeness (QED) is 0.226. The Morgan fingerprint density at radius 3 is 2.15 bits per heavy atom. The Bertz CT molecular complexity index is 1400. The third-order valence-electron chi connectivity index (χ3n) is 6.47. The first-order chi connectivity index (χ1) is 19.6. The number of unbranched alkanes of at least 4 members (excludes halogenated alkanes) is 1. The number of hydrogen-bond acceptors (Lipinski definition) is 5. The van der Waals surface area contributed by atoms with Gasteiger partial charge in [0.1, 0.15) is 18.3 Å². The first-order valence-corrected chi connectivity index (χ1v) is 15.5. The van der Waals surface area contributed by atoms with Crippen LogP contribution in [0.1, 0.15) is 38.7 Å². The van der Waals surface area contributed by atoms with Crippen LogP contribution in [0, 0.1) is 0 Å². The van der Waals surface area contributed by atoms with Crippen LogP contribution in [-0.2, 0) is 26.2 Å². The summed E-state index contributed by atoms with van der Waals surface area (Å²) < 4.78 is 34.0. The largest absolute Gasteiger partial charge is 0.497 e. The van der Waals surface area contributed by atoms with Gasteiger partial charge in [-0.2, -0.15) is 0 Å². The molecule has 8 nitrogen and oxygen atoms in total. The summed E-state index contributed by atoms with van der Waals surface area (Å²) in [7, 11) is -2.66. The maximum Gasteiger partial charge on any atom is 0.264 e. The zero-order chi connectivity index (χ0) is 30.0. The van der Waals surface area contributed by atoms with Gasteiger partial charge >= 0.3 is 0 Å². The molecular weight excluding hydrogens is 585 g/mol. The predicted molar refractivity (Wildman–Crippen MR) is 163 cm³/mol. The van der Waals surface area contributed by atoms with Gasteiger partial charge in [0, 0.05) is 23.1 Å². The van der Waals surface area contributed by atoms with E-state index in [2.05, 4.69) is 5.32 Å². The summed E-state index contributed by atoms with van der Waals surface area (Å²) in [5, 5.41) is 3.34. The van der Waals surface area contributed by atoms with E-state index in [9.17, 15) is 18.0 Å². The van der Waals surface area contributed by atoms with Crippen LogP contribution in [0.3, 0.4) is 0 Å². The lowest BCUT2D eigenvalue weighted by molar-refractivity contribution is -0.140. The predicted octanol–water partition coefficient (Wildman–Crippen LogP) is 5.92. The van der Waals surface area contributed by atoms with E-state index in [4.69, 9.17) is 27.9 Å². The summed E-state index contributed by atoms with van der Waals surface area (Å²) in [6, 6.07) is 18.4. The lowest BCUT2D eigenvalue weighted by Crippen LogP contribution is -2.52. The number of benzene rings is 3. The maximum absolute atomic E-state index is 14.1. The Kier molecular flexibility index (Phi) is 11.9. The normalized spacial score (nSPS) is 11.9. The van der Waals surface area contributed by atoms with Crippen molar-refractivity contribution in [1.29, 1.82) is 0 Å². The Labute approximate surface area is 252 Å². The highest BCUT2D eigenvalue weighted by Gasteiger charge is 2.33. The van der Waals surface area contributed by atoms with Crippen LogP contribution in [-0.4, -0.2) is 51.4 Å². The number of hydrogen-bond donors (Lipinski definition) is 1. The number of nitrogens with one attached hydrogen (secondary N) is 1. The number of amides is 2. The molecular formula is C30H35Cl2N3O5S. The number of carbonyl (C=O) groups excluding carboxylic acids is 2. The van der Waals surface area contributed by atoms with E-state index in [1.165, 1.54) is 35.2 Å². The van der Waals surface area contributed by atoms with Gasteiger partial charge in [-0.3, -0.25) is 13.9 Å². The van der Waals surface area contributed by atoms with Gasteiger partial charge in [-0.25, -0.2) is 8.42 Å². The molecule has 0 saturated carbocycles. The number of sulfonamides is 1. The second kappa shape index (κ2) is 15.1. The molecule has 11 heteroatoms. The standard InChI is InChI=1S/C30H35Cl2N3O5S/c1-4-6-16-33-30(37)28(5-2)34(20-22-12-14-26(40-3)15-13-22)29(36)21-35(25-18-23(31)17-24(32)19-25)41(38,39)27-10-8-7-9-11-27/h7-15,17-19,28H,4-6,16,20-21H2,1-3H3,(H,33,37)/t28-/m0/s1. The first kappa shape index (κ1) is 32.2. The molecule has 0 heterocycles. The highest BCUT2D eigenvalue weighted by Crippen LogP contribution is 2.30. The Balaban J connectivity index is 2.05. The van der Waals surface area contributed by atoms with Gasteiger partial charge in [-0.1, -0.05) is 73.8 Å².